The number of amides is 1. The molecule has 4 aliphatic rings. The SMILES string of the molecule is C=C/C=c1/[nH]c2c(/c1=C/C)C1(CCN(C(=O)C3CCC3)CC1)CN(CC1=CC=CCC=C1F)C2CO.CC. The van der Waals surface area contributed by atoms with Crippen LogP contribution in [-0.2, 0) is 10.2 Å². The van der Waals surface area contributed by atoms with Gasteiger partial charge in [0.1, 0.15) is 5.83 Å². The lowest BCUT2D eigenvalue weighted by atomic mass is 9.68. The molecule has 1 amide bonds. The molecule has 2 aliphatic heterocycles. The smallest absolute Gasteiger partial charge is 0.225 e. The Hall–Kier alpha value is -2.70. The van der Waals surface area contributed by atoms with Crippen molar-refractivity contribution in [2.24, 2.45) is 5.92 Å². The van der Waals surface area contributed by atoms with Crippen LogP contribution < -0.4 is 10.6 Å². The molecule has 2 fully saturated rings. The van der Waals surface area contributed by atoms with E-state index in [1.165, 1.54) is 5.56 Å². The third kappa shape index (κ3) is 5.26. The van der Waals surface area contributed by atoms with Crippen LogP contribution >= 0.6 is 0 Å². The largest absolute Gasteiger partial charge is 0.394 e. The van der Waals surface area contributed by atoms with E-state index in [0.717, 1.165) is 68.0 Å². The molecule has 38 heavy (non-hydrogen) atoms. The summed E-state index contributed by atoms with van der Waals surface area (Å²) >= 11 is 0. The minimum Gasteiger partial charge on any atom is -0.394 e. The number of rotatable bonds is 5. The first-order valence-corrected chi connectivity index (χ1v) is 14.4. The highest BCUT2D eigenvalue weighted by molar-refractivity contribution is 5.79. The molecule has 1 saturated carbocycles. The van der Waals surface area contributed by atoms with Crippen molar-refractivity contribution in [2.45, 2.75) is 70.8 Å². The van der Waals surface area contributed by atoms with E-state index >= 15 is 0 Å². The minimum absolute atomic E-state index is 0.0545. The number of aliphatic hydroxyl groups excluding tert-OH is 1. The van der Waals surface area contributed by atoms with Gasteiger partial charge in [-0.3, -0.25) is 9.69 Å². The van der Waals surface area contributed by atoms with E-state index in [0.29, 0.717) is 24.4 Å². The Kier molecular flexibility index (Phi) is 9.27. The number of allylic oxidation sites excluding steroid dienone is 5. The van der Waals surface area contributed by atoms with Gasteiger partial charge in [-0.2, -0.15) is 0 Å². The number of carbonyl (C=O) groups excluding carboxylic acids is 1. The van der Waals surface area contributed by atoms with Gasteiger partial charge in [0.25, 0.3) is 0 Å². The van der Waals surface area contributed by atoms with Gasteiger partial charge in [-0.25, -0.2) is 4.39 Å². The average Bonchev–Trinajstić information content (AvgIpc) is 3.15. The predicted molar refractivity (Wildman–Crippen MR) is 153 cm³/mol. The number of hydrogen-bond acceptors (Lipinski definition) is 3. The van der Waals surface area contributed by atoms with E-state index in [1.807, 2.05) is 38.2 Å². The molecule has 1 aromatic heterocycles. The highest BCUT2D eigenvalue weighted by Crippen LogP contribution is 2.44. The number of carbonyl (C=O) groups is 1. The molecule has 0 radical (unpaired) electrons. The molecular formula is C32H44FN3O2. The fourth-order valence-electron chi connectivity index (χ4n) is 6.53. The van der Waals surface area contributed by atoms with Gasteiger partial charge in [0.2, 0.25) is 5.91 Å². The summed E-state index contributed by atoms with van der Waals surface area (Å²) in [5.74, 6) is 0.339. The van der Waals surface area contributed by atoms with Crippen LogP contribution in [0.15, 0.2) is 48.4 Å². The number of nitrogens with zero attached hydrogens (tertiary/aromatic N) is 2. The molecule has 0 bridgehead atoms. The van der Waals surface area contributed by atoms with Crippen molar-refractivity contribution >= 4 is 18.1 Å². The van der Waals surface area contributed by atoms with E-state index in [2.05, 4.69) is 34.4 Å². The summed E-state index contributed by atoms with van der Waals surface area (Å²) in [7, 11) is 0. The molecule has 2 aliphatic carbocycles. The van der Waals surface area contributed by atoms with Crippen LogP contribution in [0.4, 0.5) is 4.39 Å². The Morgan fingerprint density at radius 1 is 1.29 bits per heavy atom. The zero-order valence-corrected chi connectivity index (χ0v) is 23.3. The Balaban J connectivity index is 0.00000164. The fraction of sp³-hybridized carbons (Fsp3) is 0.531. The van der Waals surface area contributed by atoms with Crippen molar-refractivity contribution in [3.05, 3.63) is 70.2 Å². The van der Waals surface area contributed by atoms with Crippen LogP contribution in [0.5, 0.6) is 0 Å². The normalized spacial score (nSPS) is 24.1. The van der Waals surface area contributed by atoms with E-state index < -0.39 is 0 Å². The lowest BCUT2D eigenvalue weighted by Gasteiger charge is -2.50. The zero-order valence-electron chi connectivity index (χ0n) is 23.3. The van der Waals surface area contributed by atoms with Gasteiger partial charge in [-0.05, 0) is 62.0 Å². The number of aromatic nitrogens is 1. The lowest BCUT2D eigenvalue weighted by molar-refractivity contribution is -0.140. The van der Waals surface area contributed by atoms with Crippen LogP contribution in [0.1, 0.15) is 76.6 Å². The summed E-state index contributed by atoms with van der Waals surface area (Å²) in [4.78, 5) is 20.9. The number of nitrogens with one attached hydrogen (secondary N) is 1. The van der Waals surface area contributed by atoms with E-state index in [4.69, 9.17) is 0 Å². The van der Waals surface area contributed by atoms with Gasteiger partial charge < -0.3 is 15.0 Å². The average molecular weight is 522 g/mol. The quantitative estimate of drug-likeness (QED) is 0.598. The number of halogens is 1. The highest BCUT2D eigenvalue weighted by atomic mass is 19.1. The first-order chi connectivity index (χ1) is 18.5. The van der Waals surface area contributed by atoms with Crippen molar-refractivity contribution in [1.29, 1.82) is 0 Å². The van der Waals surface area contributed by atoms with Gasteiger partial charge in [0.05, 0.1) is 12.6 Å². The standard InChI is InChI=1S/C30H38FN3O2.C2H6/c1-3-9-25-23(4-2)27-28(32-25)26(19-35)34(18-22-10-6-5-7-13-24(22)31)20-30(27)14-16-33(17-15-30)29(36)21-11-8-12-21;1-2/h3-6,9-10,13,21,26,32,35H,1,7-8,11-12,14-20H2,2H3;1-2H3/b23-4+,25-9+;. The van der Waals surface area contributed by atoms with Gasteiger partial charge in [0.15, 0.2) is 0 Å². The maximum Gasteiger partial charge on any atom is 0.225 e. The second-order valence-electron chi connectivity index (χ2n) is 10.7. The third-order valence-electron chi connectivity index (χ3n) is 8.69. The molecule has 1 aromatic rings. The topological polar surface area (TPSA) is 59.6 Å². The van der Waals surface area contributed by atoms with E-state index in [9.17, 15) is 14.3 Å². The number of piperidine rings is 1. The molecule has 5 rings (SSSR count). The molecular weight excluding hydrogens is 477 g/mol. The van der Waals surface area contributed by atoms with Gasteiger partial charge in [0, 0.05) is 54.1 Å². The Labute approximate surface area is 226 Å². The summed E-state index contributed by atoms with van der Waals surface area (Å²) in [6.45, 7) is 12.5. The highest BCUT2D eigenvalue weighted by Gasteiger charge is 2.48. The fourth-order valence-corrected chi connectivity index (χ4v) is 6.53. The predicted octanol–water partition coefficient (Wildman–Crippen LogP) is 4.56. The summed E-state index contributed by atoms with van der Waals surface area (Å²) in [5.41, 5.74) is 2.74. The molecule has 1 saturated heterocycles. The first kappa shape index (κ1) is 28.3. The third-order valence-corrected chi connectivity index (χ3v) is 8.69. The number of aliphatic hydroxyl groups is 1. The summed E-state index contributed by atoms with van der Waals surface area (Å²) in [6.07, 6.45) is 18.7. The molecule has 2 N–H and O–H groups in total. The van der Waals surface area contributed by atoms with Crippen molar-refractivity contribution in [2.75, 3.05) is 32.8 Å². The number of H-pyrrole nitrogens is 1. The number of likely N-dealkylation sites (tertiary alicyclic amines) is 1. The van der Waals surface area contributed by atoms with Crippen LogP contribution in [0, 0.1) is 5.92 Å². The van der Waals surface area contributed by atoms with Crippen molar-refractivity contribution in [3.8, 4) is 0 Å². The maximum atomic E-state index is 14.9. The van der Waals surface area contributed by atoms with Gasteiger partial charge >= 0.3 is 0 Å². The molecule has 1 spiro atoms. The number of fused-ring (bicyclic) bond motifs is 2. The summed E-state index contributed by atoms with van der Waals surface area (Å²) in [5, 5.41) is 12.7. The van der Waals surface area contributed by atoms with Crippen LogP contribution in [-0.4, -0.2) is 58.6 Å². The molecule has 1 unspecified atom stereocenters. The summed E-state index contributed by atoms with van der Waals surface area (Å²) in [6, 6.07) is -0.258. The molecule has 1 atom stereocenters. The van der Waals surface area contributed by atoms with Crippen molar-refractivity contribution in [3.63, 3.8) is 0 Å². The van der Waals surface area contributed by atoms with E-state index in [-0.39, 0.29) is 29.8 Å². The van der Waals surface area contributed by atoms with Gasteiger partial charge in [-0.1, -0.05) is 57.2 Å². The second-order valence-corrected chi connectivity index (χ2v) is 10.7. The first-order valence-electron chi connectivity index (χ1n) is 14.4. The molecule has 206 valence electrons. The van der Waals surface area contributed by atoms with Crippen LogP contribution in [0.2, 0.25) is 0 Å². The minimum atomic E-state index is -0.258. The molecule has 5 nitrogen and oxygen atoms in total. The van der Waals surface area contributed by atoms with E-state index in [1.54, 1.807) is 12.2 Å². The monoisotopic (exact) mass is 521 g/mol. The van der Waals surface area contributed by atoms with Crippen LogP contribution in [0.3, 0.4) is 0 Å². The Bertz CT molecular complexity index is 1230. The van der Waals surface area contributed by atoms with Crippen LogP contribution in [0.25, 0.3) is 12.2 Å². The number of hydrogen-bond donors (Lipinski definition) is 2. The molecule has 3 heterocycles. The van der Waals surface area contributed by atoms with Gasteiger partial charge in [-0.15, -0.1) is 0 Å². The Morgan fingerprint density at radius 2 is 2.03 bits per heavy atom. The Morgan fingerprint density at radius 3 is 2.63 bits per heavy atom. The molecule has 6 heteroatoms. The van der Waals surface area contributed by atoms with Crippen molar-refractivity contribution < 1.29 is 14.3 Å². The zero-order chi connectivity index (χ0) is 27.3. The summed E-state index contributed by atoms with van der Waals surface area (Å²) < 4.78 is 14.9. The second kappa shape index (κ2) is 12.4. The number of aromatic amines is 1. The lowest BCUT2D eigenvalue weighted by Crippen LogP contribution is -2.57. The maximum absolute atomic E-state index is 14.9. The molecule has 0 aromatic carbocycles. The van der Waals surface area contributed by atoms with Crippen molar-refractivity contribution in [1.82, 2.24) is 14.8 Å².